The Morgan fingerprint density at radius 3 is 1.67 bits per heavy atom. The molecule has 0 saturated heterocycles. The second-order valence-corrected chi connectivity index (χ2v) is 16.5. The Labute approximate surface area is 335 Å². The molecule has 0 spiro atoms. The molecule has 12 rings (SSSR count). The van der Waals surface area contributed by atoms with Gasteiger partial charge < -0.3 is 4.57 Å². The van der Waals surface area contributed by atoms with Crippen molar-refractivity contribution in [1.29, 1.82) is 0 Å². The molecule has 57 heavy (non-hydrogen) atoms. The van der Waals surface area contributed by atoms with E-state index in [9.17, 15) is 0 Å². The van der Waals surface area contributed by atoms with E-state index in [1.807, 2.05) is 59.1 Å². The average Bonchev–Trinajstić information content (AvgIpc) is 3.96. The lowest BCUT2D eigenvalue weighted by atomic mass is 10.0. The summed E-state index contributed by atoms with van der Waals surface area (Å²) in [4.78, 5) is 15.2. The number of benzene rings is 8. The minimum atomic E-state index is 0.659. The maximum atomic E-state index is 5.13. The smallest absolute Gasteiger partial charge is 0.165 e. The highest BCUT2D eigenvalue weighted by Gasteiger charge is 2.21. The normalized spacial score (nSPS) is 11.9. The zero-order valence-corrected chi connectivity index (χ0v) is 32.1. The van der Waals surface area contributed by atoms with Crippen LogP contribution in [-0.2, 0) is 0 Å². The van der Waals surface area contributed by atoms with Crippen molar-refractivity contribution >= 4 is 84.8 Å². The summed E-state index contributed by atoms with van der Waals surface area (Å²) in [6.07, 6.45) is 0. The lowest BCUT2D eigenvalue weighted by Gasteiger charge is -2.09. The SMILES string of the molecule is c1ccc(-c2nc(-c3ccccc3)nc(-c3cccc4c3sc3c4ccc4c5ccc(-c6ccc7c(c6)sc6ccccc67)cc5n(-c5ccccc5)c43)n2)cc1. The molecule has 0 N–H and O–H groups in total. The molecule has 6 heteroatoms. The molecule has 8 aromatic carbocycles. The van der Waals surface area contributed by atoms with Crippen molar-refractivity contribution in [2.75, 3.05) is 0 Å². The first-order chi connectivity index (χ1) is 28.2. The molecule has 0 radical (unpaired) electrons. The zero-order valence-electron chi connectivity index (χ0n) is 30.4. The van der Waals surface area contributed by atoms with E-state index in [0.29, 0.717) is 17.5 Å². The van der Waals surface area contributed by atoms with Gasteiger partial charge in [0.05, 0.1) is 15.7 Å². The predicted octanol–water partition coefficient (Wildman–Crippen LogP) is 14.4. The molecule has 4 heterocycles. The first-order valence-electron chi connectivity index (χ1n) is 19.0. The van der Waals surface area contributed by atoms with E-state index >= 15 is 0 Å². The summed E-state index contributed by atoms with van der Waals surface area (Å²) in [6.45, 7) is 0. The van der Waals surface area contributed by atoms with Gasteiger partial charge in [-0.25, -0.2) is 15.0 Å². The highest BCUT2D eigenvalue weighted by Crippen LogP contribution is 2.46. The molecule has 0 bridgehead atoms. The van der Waals surface area contributed by atoms with Crippen molar-refractivity contribution in [3.8, 4) is 51.0 Å². The first kappa shape index (κ1) is 32.3. The van der Waals surface area contributed by atoms with Gasteiger partial charge in [0.15, 0.2) is 17.5 Å². The van der Waals surface area contributed by atoms with Crippen LogP contribution in [0, 0.1) is 0 Å². The monoisotopic (exact) mass is 762 g/mol. The second kappa shape index (κ2) is 12.8. The van der Waals surface area contributed by atoms with Crippen LogP contribution < -0.4 is 0 Å². The van der Waals surface area contributed by atoms with Gasteiger partial charge in [0.25, 0.3) is 0 Å². The van der Waals surface area contributed by atoms with Crippen LogP contribution in [0.25, 0.3) is 113 Å². The van der Waals surface area contributed by atoms with Crippen LogP contribution in [0.2, 0.25) is 0 Å². The minimum absolute atomic E-state index is 0.659. The maximum absolute atomic E-state index is 5.13. The molecule has 0 aliphatic heterocycles. The molecule has 0 unspecified atom stereocenters. The largest absolute Gasteiger partial charge is 0.308 e. The molecule has 0 atom stereocenters. The van der Waals surface area contributed by atoms with Crippen molar-refractivity contribution in [1.82, 2.24) is 19.5 Å². The van der Waals surface area contributed by atoms with E-state index in [4.69, 9.17) is 15.0 Å². The molecular formula is C51H30N4S2. The third-order valence-corrected chi connectivity index (χ3v) is 13.5. The molecule has 0 aliphatic rings. The number of hydrogen-bond donors (Lipinski definition) is 0. The molecule has 0 amide bonds. The molecule has 4 aromatic heterocycles. The number of aromatic nitrogens is 4. The summed E-state index contributed by atoms with van der Waals surface area (Å²) in [5, 5.41) is 7.52. The summed E-state index contributed by atoms with van der Waals surface area (Å²) in [7, 11) is 0. The summed E-state index contributed by atoms with van der Waals surface area (Å²) in [5.41, 5.74) is 8.88. The topological polar surface area (TPSA) is 43.6 Å². The maximum Gasteiger partial charge on any atom is 0.165 e. The van der Waals surface area contributed by atoms with E-state index in [0.717, 1.165) is 27.1 Å². The van der Waals surface area contributed by atoms with Gasteiger partial charge in [-0.05, 0) is 47.5 Å². The van der Waals surface area contributed by atoms with Crippen LogP contribution >= 0.6 is 22.7 Å². The van der Waals surface area contributed by atoms with E-state index in [1.54, 1.807) is 0 Å². The van der Waals surface area contributed by atoms with Crippen LogP contribution in [0.3, 0.4) is 0 Å². The predicted molar refractivity (Wildman–Crippen MR) is 242 cm³/mol. The second-order valence-electron chi connectivity index (χ2n) is 14.4. The van der Waals surface area contributed by atoms with Crippen LogP contribution in [0.5, 0.6) is 0 Å². The number of nitrogens with zero attached hydrogens (tertiary/aromatic N) is 4. The number of para-hydroxylation sites is 1. The van der Waals surface area contributed by atoms with E-state index < -0.39 is 0 Å². The molecule has 4 nitrogen and oxygen atoms in total. The van der Waals surface area contributed by atoms with Crippen molar-refractivity contribution in [2.24, 2.45) is 0 Å². The van der Waals surface area contributed by atoms with E-state index in [1.165, 1.54) is 68.6 Å². The van der Waals surface area contributed by atoms with Gasteiger partial charge in [0, 0.05) is 68.8 Å². The van der Waals surface area contributed by atoms with Gasteiger partial charge in [-0.3, -0.25) is 0 Å². The van der Waals surface area contributed by atoms with Crippen LogP contribution in [-0.4, -0.2) is 19.5 Å². The number of thiophene rings is 2. The molecular weight excluding hydrogens is 733 g/mol. The Morgan fingerprint density at radius 1 is 0.351 bits per heavy atom. The Bertz CT molecular complexity index is 3450. The van der Waals surface area contributed by atoms with Gasteiger partial charge in [-0.15, -0.1) is 22.7 Å². The van der Waals surface area contributed by atoms with Gasteiger partial charge in [-0.2, -0.15) is 0 Å². The first-order valence-corrected chi connectivity index (χ1v) is 20.7. The summed E-state index contributed by atoms with van der Waals surface area (Å²) in [5.74, 6) is 1.98. The Hall–Kier alpha value is -6.99. The van der Waals surface area contributed by atoms with Gasteiger partial charge >= 0.3 is 0 Å². The number of hydrogen-bond acceptors (Lipinski definition) is 5. The highest BCUT2D eigenvalue weighted by atomic mass is 32.1. The van der Waals surface area contributed by atoms with Gasteiger partial charge in [-0.1, -0.05) is 146 Å². The Morgan fingerprint density at radius 2 is 0.912 bits per heavy atom. The van der Waals surface area contributed by atoms with Crippen LogP contribution in [0.1, 0.15) is 0 Å². The van der Waals surface area contributed by atoms with Gasteiger partial charge in [0.1, 0.15) is 0 Å². The van der Waals surface area contributed by atoms with Gasteiger partial charge in [0.2, 0.25) is 0 Å². The average molecular weight is 763 g/mol. The number of fused-ring (bicyclic) bond motifs is 10. The zero-order chi connectivity index (χ0) is 37.5. The molecule has 0 fully saturated rings. The Kier molecular flexibility index (Phi) is 7.24. The quantitative estimate of drug-likeness (QED) is 0.175. The fourth-order valence-electron chi connectivity index (χ4n) is 8.39. The van der Waals surface area contributed by atoms with E-state index in [2.05, 4.69) is 150 Å². The lowest BCUT2D eigenvalue weighted by Crippen LogP contribution is -2.00. The summed E-state index contributed by atoms with van der Waals surface area (Å²) in [6, 6.07) is 64.9. The Balaban J connectivity index is 1.10. The van der Waals surface area contributed by atoms with Crippen molar-refractivity contribution in [2.45, 2.75) is 0 Å². The molecule has 0 aliphatic carbocycles. The van der Waals surface area contributed by atoms with Crippen molar-refractivity contribution < 1.29 is 0 Å². The summed E-state index contributed by atoms with van der Waals surface area (Å²) >= 11 is 3.69. The molecule has 266 valence electrons. The fraction of sp³-hybridized carbons (Fsp3) is 0. The third kappa shape index (κ3) is 5.15. The summed E-state index contributed by atoms with van der Waals surface area (Å²) < 4.78 is 7.50. The molecule has 12 aromatic rings. The van der Waals surface area contributed by atoms with Crippen molar-refractivity contribution in [3.63, 3.8) is 0 Å². The standard InChI is InChI=1S/C51H30N4S2/c1-4-13-31(14-5-1)49-52-50(32-15-6-2-7-16-32)54-51(53-49)42-21-12-20-40-41-28-27-39-36-25-23-33(34-24-26-38-37-19-10-11-22-44(37)56-45(38)30-34)29-43(36)55(35-17-8-3-9-18-35)46(39)48(41)57-47(40)42/h1-30H. The third-order valence-electron chi connectivity index (χ3n) is 11.1. The molecule has 0 saturated carbocycles. The fourth-order valence-corrected chi connectivity index (χ4v) is 10.9. The van der Waals surface area contributed by atoms with Crippen LogP contribution in [0.4, 0.5) is 0 Å². The van der Waals surface area contributed by atoms with Crippen LogP contribution in [0.15, 0.2) is 182 Å². The minimum Gasteiger partial charge on any atom is -0.308 e. The number of rotatable bonds is 5. The highest BCUT2D eigenvalue weighted by molar-refractivity contribution is 7.27. The van der Waals surface area contributed by atoms with E-state index in [-0.39, 0.29) is 0 Å². The lowest BCUT2D eigenvalue weighted by molar-refractivity contribution is 1.08. The van der Waals surface area contributed by atoms with Crippen molar-refractivity contribution in [3.05, 3.63) is 182 Å².